The van der Waals surface area contributed by atoms with Crippen LogP contribution in [0.15, 0.2) is 154 Å². The monoisotopic (exact) mass is 600 g/mol. The van der Waals surface area contributed by atoms with E-state index < -0.39 is 0 Å². The first kappa shape index (κ1) is 24.9. The molecule has 0 spiro atoms. The summed E-state index contributed by atoms with van der Waals surface area (Å²) < 4.78 is 15.3. The van der Waals surface area contributed by atoms with E-state index in [0.717, 1.165) is 82.8 Å². The fourth-order valence-corrected chi connectivity index (χ4v) is 7.57. The molecule has 4 heterocycles. The van der Waals surface area contributed by atoms with Crippen LogP contribution in [0.1, 0.15) is 0 Å². The minimum Gasteiger partial charge on any atom is -0.452 e. The fourth-order valence-electron chi connectivity index (χ4n) is 7.57. The van der Waals surface area contributed by atoms with Gasteiger partial charge in [0, 0.05) is 43.3 Å². The van der Waals surface area contributed by atoms with Gasteiger partial charge in [-0.25, -0.2) is 4.98 Å². The van der Waals surface area contributed by atoms with Crippen molar-refractivity contribution in [3.63, 3.8) is 0 Å². The van der Waals surface area contributed by atoms with Gasteiger partial charge in [0.25, 0.3) is 0 Å². The molecule has 0 N–H and O–H groups in total. The second kappa shape index (κ2) is 9.09. The molecule has 0 bridgehead atoms. The van der Waals surface area contributed by atoms with Gasteiger partial charge < -0.3 is 13.4 Å². The molecule has 0 aliphatic heterocycles. The lowest BCUT2D eigenvalue weighted by Gasteiger charge is -2.15. The van der Waals surface area contributed by atoms with E-state index in [0.29, 0.717) is 0 Å². The van der Waals surface area contributed by atoms with Gasteiger partial charge in [-0.2, -0.15) is 0 Å². The number of benzene rings is 7. The minimum atomic E-state index is 0.770. The molecule has 0 amide bonds. The number of aromatic nitrogens is 2. The largest absolute Gasteiger partial charge is 0.452 e. The second-order valence-corrected chi connectivity index (χ2v) is 12.3. The molecule has 11 aromatic rings. The number of rotatable bonds is 2. The predicted octanol–water partition coefficient (Wildman–Crippen LogP) is 12.0. The zero-order valence-electron chi connectivity index (χ0n) is 25.1. The maximum Gasteiger partial charge on any atom is 0.178 e. The third kappa shape index (κ3) is 3.44. The highest BCUT2D eigenvalue weighted by Crippen LogP contribution is 2.42. The molecule has 11 rings (SSSR count). The Bertz CT molecular complexity index is 3080. The Morgan fingerprint density at radius 1 is 0.426 bits per heavy atom. The number of furan rings is 2. The molecule has 0 radical (unpaired) electrons. The molecule has 47 heavy (non-hydrogen) atoms. The van der Waals surface area contributed by atoms with Gasteiger partial charge >= 0.3 is 0 Å². The molecule has 218 valence electrons. The van der Waals surface area contributed by atoms with Gasteiger partial charge in [-0.15, -0.1) is 0 Å². The van der Waals surface area contributed by atoms with E-state index in [2.05, 4.69) is 126 Å². The normalized spacial score (nSPS) is 12.3. The highest BCUT2D eigenvalue weighted by molar-refractivity contribution is 6.19. The Morgan fingerprint density at radius 3 is 1.91 bits per heavy atom. The van der Waals surface area contributed by atoms with Crippen LogP contribution in [0.4, 0.5) is 0 Å². The van der Waals surface area contributed by atoms with Crippen molar-refractivity contribution in [1.82, 2.24) is 9.55 Å². The molecule has 7 aromatic carbocycles. The standard InChI is InChI=1S/C43H24N2O2/c1-2-10-26-22-37-34(21-25(26)9-1)29-12-4-7-15-36(29)45(37)38-23-27-11-3-6-14-35(27)44-41(38)28-17-18-31-33-20-19-32-30-13-5-8-16-39(30)46-42(32)43(33)47-40(31)24-28/h1-24H. The summed E-state index contributed by atoms with van der Waals surface area (Å²) in [4.78, 5) is 5.34. The molecular weight excluding hydrogens is 576 g/mol. The van der Waals surface area contributed by atoms with Crippen molar-refractivity contribution in [2.45, 2.75) is 0 Å². The zero-order chi connectivity index (χ0) is 30.6. The highest BCUT2D eigenvalue weighted by atomic mass is 16.4. The molecule has 4 heteroatoms. The van der Waals surface area contributed by atoms with E-state index in [9.17, 15) is 0 Å². The average molecular weight is 601 g/mol. The molecule has 0 fully saturated rings. The maximum atomic E-state index is 6.64. The Hall–Kier alpha value is -6.39. The van der Waals surface area contributed by atoms with E-state index in [-0.39, 0.29) is 0 Å². The summed E-state index contributed by atoms with van der Waals surface area (Å²) in [7, 11) is 0. The van der Waals surface area contributed by atoms with E-state index >= 15 is 0 Å². The summed E-state index contributed by atoms with van der Waals surface area (Å²) in [6.45, 7) is 0. The van der Waals surface area contributed by atoms with Gasteiger partial charge in [0.15, 0.2) is 11.2 Å². The molecule has 0 saturated carbocycles. The first-order valence-electron chi connectivity index (χ1n) is 15.9. The van der Waals surface area contributed by atoms with Gasteiger partial charge in [0.2, 0.25) is 0 Å². The van der Waals surface area contributed by atoms with Gasteiger partial charge in [-0.3, -0.25) is 0 Å². The summed E-state index contributed by atoms with van der Waals surface area (Å²) in [5.74, 6) is 0. The Balaban J connectivity index is 1.22. The van der Waals surface area contributed by atoms with Crippen LogP contribution in [0.5, 0.6) is 0 Å². The first-order valence-corrected chi connectivity index (χ1v) is 15.9. The Morgan fingerprint density at radius 2 is 1.06 bits per heavy atom. The SMILES string of the molecule is c1ccc2cc3c(cc2c1)c1ccccc1n3-c1cc2ccccc2nc1-c1ccc2c(c1)oc1c2ccc2c3ccccc3oc21. The van der Waals surface area contributed by atoms with Gasteiger partial charge in [-0.1, -0.05) is 84.9 Å². The summed E-state index contributed by atoms with van der Waals surface area (Å²) in [5, 5.41) is 10.2. The summed E-state index contributed by atoms with van der Waals surface area (Å²) >= 11 is 0. The first-order chi connectivity index (χ1) is 23.3. The quantitative estimate of drug-likeness (QED) is 0.198. The molecular formula is C43H24N2O2. The van der Waals surface area contributed by atoms with E-state index in [4.69, 9.17) is 13.8 Å². The third-order valence-electron chi connectivity index (χ3n) is 9.74. The van der Waals surface area contributed by atoms with Gasteiger partial charge in [0.1, 0.15) is 11.2 Å². The zero-order valence-corrected chi connectivity index (χ0v) is 25.1. The lowest BCUT2D eigenvalue weighted by molar-refractivity contribution is 0.633. The van der Waals surface area contributed by atoms with Crippen molar-refractivity contribution >= 4 is 87.4 Å². The Labute approximate surface area is 267 Å². The molecule has 4 aromatic heterocycles. The van der Waals surface area contributed by atoms with Crippen molar-refractivity contribution in [3.05, 3.63) is 146 Å². The van der Waals surface area contributed by atoms with Crippen LogP contribution in [0, 0.1) is 0 Å². The number of fused-ring (bicyclic) bond motifs is 12. The van der Waals surface area contributed by atoms with E-state index in [1.54, 1.807) is 0 Å². The lowest BCUT2D eigenvalue weighted by Crippen LogP contribution is -2.00. The van der Waals surface area contributed by atoms with E-state index in [1.807, 2.05) is 24.3 Å². The number of pyridine rings is 1. The van der Waals surface area contributed by atoms with Crippen LogP contribution >= 0.6 is 0 Å². The van der Waals surface area contributed by atoms with Crippen LogP contribution in [0.2, 0.25) is 0 Å². The molecule has 0 unspecified atom stereocenters. The fraction of sp³-hybridized carbons (Fsp3) is 0. The smallest absolute Gasteiger partial charge is 0.178 e. The molecule has 0 atom stereocenters. The predicted molar refractivity (Wildman–Crippen MR) is 194 cm³/mol. The van der Waals surface area contributed by atoms with Crippen molar-refractivity contribution in [2.75, 3.05) is 0 Å². The number of nitrogens with zero attached hydrogens (tertiary/aromatic N) is 2. The van der Waals surface area contributed by atoms with Crippen LogP contribution in [-0.2, 0) is 0 Å². The van der Waals surface area contributed by atoms with Gasteiger partial charge in [0.05, 0.1) is 27.9 Å². The third-order valence-corrected chi connectivity index (χ3v) is 9.74. The van der Waals surface area contributed by atoms with Crippen LogP contribution in [-0.4, -0.2) is 9.55 Å². The number of hydrogen-bond donors (Lipinski definition) is 0. The summed E-state index contributed by atoms with van der Waals surface area (Å²) in [5.41, 5.74) is 9.38. The summed E-state index contributed by atoms with van der Waals surface area (Å²) in [6.07, 6.45) is 0. The Kier molecular flexibility index (Phi) is 4.81. The summed E-state index contributed by atoms with van der Waals surface area (Å²) in [6, 6.07) is 51.4. The van der Waals surface area contributed by atoms with Crippen molar-refractivity contribution in [1.29, 1.82) is 0 Å². The maximum absolute atomic E-state index is 6.64. The second-order valence-electron chi connectivity index (χ2n) is 12.3. The molecule has 4 nitrogen and oxygen atoms in total. The highest BCUT2D eigenvalue weighted by Gasteiger charge is 2.20. The van der Waals surface area contributed by atoms with Crippen LogP contribution < -0.4 is 0 Å². The number of para-hydroxylation sites is 3. The average Bonchev–Trinajstić information content (AvgIpc) is 3.79. The van der Waals surface area contributed by atoms with Crippen molar-refractivity contribution in [2.24, 2.45) is 0 Å². The molecule has 0 saturated heterocycles. The molecule has 0 aliphatic carbocycles. The lowest BCUT2D eigenvalue weighted by atomic mass is 10.0. The minimum absolute atomic E-state index is 0.770. The van der Waals surface area contributed by atoms with Crippen molar-refractivity contribution < 1.29 is 8.83 Å². The number of hydrogen-bond acceptors (Lipinski definition) is 3. The van der Waals surface area contributed by atoms with Crippen molar-refractivity contribution in [3.8, 4) is 16.9 Å². The molecule has 0 aliphatic rings. The topological polar surface area (TPSA) is 44.1 Å². The van der Waals surface area contributed by atoms with Crippen LogP contribution in [0.25, 0.3) is 104 Å². The van der Waals surface area contributed by atoms with E-state index in [1.165, 1.54) is 21.5 Å². The van der Waals surface area contributed by atoms with Gasteiger partial charge in [-0.05, 0) is 71.4 Å². The van der Waals surface area contributed by atoms with Crippen LogP contribution in [0.3, 0.4) is 0 Å².